The summed E-state index contributed by atoms with van der Waals surface area (Å²) in [4.78, 5) is 0. The van der Waals surface area contributed by atoms with E-state index in [-0.39, 0.29) is 0 Å². The van der Waals surface area contributed by atoms with Gasteiger partial charge in [-0.15, -0.1) is 0 Å². The fraction of sp³-hybridized carbons (Fsp3) is 0.571. The van der Waals surface area contributed by atoms with E-state index in [0.29, 0.717) is 17.2 Å². The summed E-state index contributed by atoms with van der Waals surface area (Å²) in [6.45, 7) is 1.17. The first kappa shape index (κ1) is 10.2. The number of rotatable bonds is 2. The Morgan fingerprint density at radius 2 is 1.88 bits per heavy atom. The minimum Gasteiger partial charge on any atom is -0.508 e. The Balaban J connectivity index is 1.91. The van der Waals surface area contributed by atoms with Gasteiger partial charge in [0.25, 0.3) is 0 Å². The summed E-state index contributed by atoms with van der Waals surface area (Å²) in [5, 5.41) is 13.0. The van der Waals surface area contributed by atoms with Crippen LogP contribution in [-0.4, -0.2) is 17.7 Å². The summed E-state index contributed by atoms with van der Waals surface area (Å²) in [5.74, 6) is 0.373. The molecule has 1 atom stereocenters. The molecule has 1 aromatic rings. The molecule has 1 aromatic carbocycles. The third kappa shape index (κ3) is 1.44. The lowest BCUT2D eigenvalue weighted by Gasteiger charge is -2.47. The highest BCUT2D eigenvalue weighted by Gasteiger charge is 2.45. The predicted molar refractivity (Wildman–Crippen MR) is 64.7 cm³/mol. The van der Waals surface area contributed by atoms with Gasteiger partial charge in [-0.25, -0.2) is 0 Å². The second-order valence-corrected chi connectivity index (χ2v) is 5.21. The number of phenolic OH excluding ortho intramolecular Hbond substituents is 1. The number of aromatic hydroxyl groups is 1. The van der Waals surface area contributed by atoms with Gasteiger partial charge < -0.3 is 10.4 Å². The first-order valence-corrected chi connectivity index (χ1v) is 6.34. The van der Waals surface area contributed by atoms with Crippen LogP contribution in [0.25, 0.3) is 0 Å². The topological polar surface area (TPSA) is 32.3 Å². The lowest BCUT2D eigenvalue weighted by atomic mass is 9.60. The van der Waals surface area contributed by atoms with E-state index in [4.69, 9.17) is 0 Å². The lowest BCUT2D eigenvalue weighted by molar-refractivity contribution is 0.182. The van der Waals surface area contributed by atoms with Crippen molar-refractivity contribution in [3.05, 3.63) is 29.8 Å². The molecule has 1 saturated carbocycles. The quantitative estimate of drug-likeness (QED) is 0.798. The monoisotopic (exact) mass is 217 g/mol. The molecule has 0 radical (unpaired) electrons. The minimum atomic E-state index is 0.365. The van der Waals surface area contributed by atoms with Crippen LogP contribution >= 0.6 is 0 Å². The molecule has 2 fully saturated rings. The van der Waals surface area contributed by atoms with Crippen LogP contribution in [0.4, 0.5) is 0 Å². The molecule has 0 bridgehead atoms. The Hall–Kier alpha value is -1.02. The number of phenols is 1. The van der Waals surface area contributed by atoms with Crippen molar-refractivity contribution in [2.45, 2.75) is 43.6 Å². The number of hydrogen-bond donors (Lipinski definition) is 2. The smallest absolute Gasteiger partial charge is 0.115 e. The van der Waals surface area contributed by atoms with Crippen LogP contribution < -0.4 is 5.32 Å². The molecule has 16 heavy (non-hydrogen) atoms. The molecule has 0 spiro atoms. The van der Waals surface area contributed by atoms with Gasteiger partial charge in [0.1, 0.15) is 5.75 Å². The van der Waals surface area contributed by atoms with Crippen LogP contribution in [0, 0.1) is 0 Å². The highest BCUT2D eigenvalue weighted by atomic mass is 16.3. The second kappa shape index (κ2) is 3.77. The second-order valence-electron chi connectivity index (χ2n) is 5.21. The molecule has 86 valence electrons. The summed E-state index contributed by atoms with van der Waals surface area (Å²) in [7, 11) is 0. The normalized spacial score (nSPS) is 27.6. The van der Waals surface area contributed by atoms with Gasteiger partial charge in [0.2, 0.25) is 0 Å². The maximum atomic E-state index is 9.36. The van der Waals surface area contributed by atoms with E-state index in [1.54, 1.807) is 0 Å². The fourth-order valence-electron chi connectivity index (χ4n) is 3.35. The van der Waals surface area contributed by atoms with E-state index in [9.17, 15) is 5.11 Å². The molecular formula is C14H19NO. The summed E-state index contributed by atoms with van der Waals surface area (Å²) in [6, 6.07) is 8.52. The molecule has 1 aliphatic carbocycles. The van der Waals surface area contributed by atoms with Crippen LogP contribution in [0.1, 0.15) is 37.7 Å². The molecule has 0 amide bonds. The van der Waals surface area contributed by atoms with Crippen molar-refractivity contribution in [1.29, 1.82) is 0 Å². The van der Waals surface area contributed by atoms with Crippen molar-refractivity contribution in [1.82, 2.24) is 5.32 Å². The number of nitrogens with one attached hydrogen (secondary N) is 1. The molecule has 1 aliphatic heterocycles. The maximum absolute atomic E-state index is 9.36. The molecule has 2 heteroatoms. The van der Waals surface area contributed by atoms with Crippen LogP contribution in [-0.2, 0) is 5.41 Å². The zero-order valence-corrected chi connectivity index (χ0v) is 9.58. The molecule has 3 rings (SSSR count). The molecule has 2 nitrogen and oxygen atoms in total. The lowest BCUT2D eigenvalue weighted by Crippen LogP contribution is -2.50. The molecule has 1 heterocycles. The summed E-state index contributed by atoms with van der Waals surface area (Å²) in [5.41, 5.74) is 1.78. The van der Waals surface area contributed by atoms with E-state index < -0.39 is 0 Å². The van der Waals surface area contributed by atoms with Gasteiger partial charge in [-0.3, -0.25) is 0 Å². The van der Waals surface area contributed by atoms with Gasteiger partial charge in [0, 0.05) is 11.5 Å². The van der Waals surface area contributed by atoms with Gasteiger partial charge in [-0.05, 0) is 49.9 Å². The molecule has 2 aliphatic rings. The van der Waals surface area contributed by atoms with Crippen molar-refractivity contribution in [2.75, 3.05) is 6.54 Å². The number of benzene rings is 1. The SMILES string of the molecule is Oc1ccc(C2(C3CCCN3)CCC2)cc1. The minimum absolute atomic E-state index is 0.365. The van der Waals surface area contributed by atoms with Crippen LogP contribution in [0.2, 0.25) is 0 Å². The van der Waals surface area contributed by atoms with Gasteiger partial charge in [-0.2, -0.15) is 0 Å². The van der Waals surface area contributed by atoms with Crippen LogP contribution in [0.15, 0.2) is 24.3 Å². The van der Waals surface area contributed by atoms with Gasteiger partial charge in [0.05, 0.1) is 0 Å². The summed E-state index contributed by atoms with van der Waals surface area (Å²) >= 11 is 0. The summed E-state index contributed by atoms with van der Waals surface area (Å²) < 4.78 is 0. The molecule has 1 saturated heterocycles. The van der Waals surface area contributed by atoms with Crippen LogP contribution in [0.3, 0.4) is 0 Å². The van der Waals surface area contributed by atoms with E-state index in [1.807, 2.05) is 12.1 Å². The molecular weight excluding hydrogens is 198 g/mol. The standard InChI is InChI=1S/C14H19NO/c16-12-6-4-11(5-7-12)14(8-2-9-14)13-3-1-10-15-13/h4-7,13,15-16H,1-3,8-10H2. The largest absolute Gasteiger partial charge is 0.508 e. The van der Waals surface area contributed by atoms with E-state index in [0.717, 1.165) is 0 Å². The Bertz CT molecular complexity index is 361. The van der Waals surface area contributed by atoms with Crippen molar-refractivity contribution in [2.24, 2.45) is 0 Å². The van der Waals surface area contributed by atoms with Crippen molar-refractivity contribution in [3.8, 4) is 5.75 Å². The van der Waals surface area contributed by atoms with Crippen molar-refractivity contribution < 1.29 is 5.11 Å². The van der Waals surface area contributed by atoms with Crippen molar-refractivity contribution in [3.63, 3.8) is 0 Å². The van der Waals surface area contributed by atoms with E-state index in [1.165, 1.54) is 44.2 Å². The van der Waals surface area contributed by atoms with E-state index in [2.05, 4.69) is 17.4 Å². The first-order chi connectivity index (χ1) is 7.81. The Morgan fingerprint density at radius 1 is 1.12 bits per heavy atom. The molecule has 1 unspecified atom stereocenters. The maximum Gasteiger partial charge on any atom is 0.115 e. The van der Waals surface area contributed by atoms with Crippen molar-refractivity contribution >= 4 is 0 Å². The Kier molecular flexibility index (Phi) is 2.40. The summed E-state index contributed by atoms with van der Waals surface area (Å²) in [6.07, 6.45) is 6.56. The Morgan fingerprint density at radius 3 is 2.38 bits per heavy atom. The van der Waals surface area contributed by atoms with Crippen LogP contribution in [0.5, 0.6) is 5.75 Å². The zero-order chi connectivity index (χ0) is 11.0. The Labute approximate surface area is 96.7 Å². The van der Waals surface area contributed by atoms with Gasteiger partial charge in [0.15, 0.2) is 0 Å². The number of hydrogen-bond acceptors (Lipinski definition) is 2. The average Bonchev–Trinajstić information content (AvgIpc) is 2.73. The first-order valence-electron chi connectivity index (χ1n) is 6.34. The third-order valence-electron chi connectivity index (χ3n) is 4.42. The highest BCUT2D eigenvalue weighted by molar-refractivity contribution is 5.35. The predicted octanol–water partition coefficient (Wildman–Crippen LogP) is 2.57. The van der Waals surface area contributed by atoms with Gasteiger partial charge >= 0.3 is 0 Å². The average molecular weight is 217 g/mol. The molecule has 2 N–H and O–H groups in total. The fourth-order valence-corrected chi connectivity index (χ4v) is 3.35. The van der Waals surface area contributed by atoms with Gasteiger partial charge in [-0.1, -0.05) is 18.6 Å². The third-order valence-corrected chi connectivity index (χ3v) is 4.42. The highest BCUT2D eigenvalue weighted by Crippen LogP contribution is 2.48. The molecule has 0 aromatic heterocycles. The van der Waals surface area contributed by atoms with E-state index >= 15 is 0 Å². The zero-order valence-electron chi connectivity index (χ0n) is 9.58.